The molecule has 0 unspecified atom stereocenters. The van der Waals surface area contributed by atoms with Gasteiger partial charge in [-0.1, -0.05) is 12.1 Å². The highest BCUT2D eigenvalue weighted by atomic mass is 32.1. The zero-order valence-electron chi connectivity index (χ0n) is 9.61. The lowest BCUT2D eigenvalue weighted by atomic mass is 10.2. The highest BCUT2D eigenvalue weighted by Gasteiger charge is 2.10. The summed E-state index contributed by atoms with van der Waals surface area (Å²) in [5.74, 6) is 0.0819. The number of ether oxygens (including phenoxy) is 1. The quantitative estimate of drug-likeness (QED) is 0.792. The van der Waals surface area contributed by atoms with E-state index in [0.29, 0.717) is 11.5 Å². The normalized spacial score (nSPS) is 10.5. The van der Waals surface area contributed by atoms with E-state index >= 15 is 0 Å². The first-order chi connectivity index (χ1) is 9.24. The maximum Gasteiger partial charge on any atom is 0.346 e. The van der Waals surface area contributed by atoms with Crippen molar-refractivity contribution in [3.05, 3.63) is 46.8 Å². The molecule has 0 aliphatic rings. The van der Waals surface area contributed by atoms with Crippen molar-refractivity contribution in [2.75, 3.05) is 0 Å². The molecule has 0 bridgehead atoms. The molecule has 94 valence electrons. The maximum absolute atomic E-state index is 10.8. The van der Waals surface area contributed by atoms with E-state index in [4.69, 9.17) is 9.84 Å². The van der Waals surface area contributed by atoms with Gasteiger partial charge in [0.2, 0.25) is 0 Å². The molecule has 3 aromatic rings. The summed E-state index contributed by atoms with van der Waals surface area (Å²) in [7, 11) is 0. The molecule has 2 aromatic heterocycles. The van der Waals surface area contributed by atoms with Crippen LogP contribution in [-0.4, -0.2) is 21.3 Å². The second-order valence-electron chi connectivity index (χ2n) is 3.78. The van der Waals surface area contributed by atoms with Crippen molar-refractivity contribution >= 4 is 28.2 Å². The highest BCUT2D eigenvalue weighted by molar-refractivity contribution is 7.12. The van der Waals surface area contributed by atoms with Crippen LogP contribution < -0.4 is 4.74 Å². The Morgan fingerprint density at radius 3 is 2.95 bits per heavy atom. The Balaban J connectivity index is 1.98. The topological polar surface area (TPSA) is 72.3 Å². The number of hydrogen-bond acceptors (Lipinski definition) is 5. The molecule has 5 nitrogen and oxygen atoms in total. The molecule has 6 heteroatoms. The first-order valence-electron chi connectivity index (χ1n) is 5.44. The van der Waals surface area contributed by atoms with Gasteiger partial charge in [-0.15, -0.1) is 11.3 Å². The summed E-state index contributed by atoms with van der Waals surface area (Å²) in [5, 5.41) is 19.2. The van der Waals surface area contributed by atoms with E-state index < -0.39 is 5.97 Å². The minimum Gasteiger partial charge on any atom is -0.477 e. The lowest BCUT2D eigenvalue weighted by Gasteiger charge is -2.05. The predicted octanol–water partition coefficient (Wildman–Crippen LogP) is 3.18. The number of carboxylic acids is 1. The molecular weight excluding hydrogens is 264 g/mol. The lowest BCUT2D eigenvalue weighted by molar-refractivity contribution is 0.0702. The summed E-state index contributed by atoms with van der Waals surface area (Å²) in [5.41, 5.74) is 0.730. The predicted molar refractivity (Wildman–Crippen MR) is 70.9 cm³/mol. The van der Waals surface area contributed by atoms with Gasteiger partial charge in [-0.2, -0.15) is 10.2 Å². The van der Waals surface area contributed by atoms with Crippen LogP contribution in [0.3, 0.4) is 0 Å². The maximum atomic E-state index is 10.8. The molecule has 0 spiro atoms. The molecule has 0 saturated carbocycles. The number of rotatable bonds is 3. The third-order valence-electron chi connectivity index (χ3n) is 2.52. The fourth-order valence-electron chi connectivity index (χ4n) is 1.68. The fourth-order valence-corrected chi connectivity index (χ4v) is 2.32. The average molecular weight is 272 g/mol. The van der Waals surface area contributed by atoms with Gasteiger partial charge in [0, 0.05) is 16.8 Å². The van der Waals surface area contributed by atoms with Crippen molar-refractivity contribution in [1.82, 2.24) is 10.2 Å². The van der Waals surface area contributed by atoms with E-state index in [1.807, 2.05) is 24.3 Å². The average Bonchev–Trinajstić information content (AvgIpc) is 2.88. The third kappa shape index (κ3) is 2.25. The van der Waals surface area contributed by atoms with E-state index in [0.717, 1.165) is 22.2 Å². The number of fused-ring (bicyclic) bond motifs is 1. The van der Waals surface area contributed by atoms with E-state index in [1.54, 1.807) is 5.38 Å². The molecular formula is C13H8N2O3S. The molecule has 0 amide bonds. The zero-order valence-corrected chi connectivity index (χ0v) is 10.4. The van der Waals surface area contributed by atoms with Gasteiger partial charge >= 0.3 is 5.97 Å². The van der Waals surface area contributed by atoms with Crippen LogP contribution >= 0.6 is 11.3 Å². The Kier molecular flexibility index (Phi) is 2.85. The summed E-state index contributed by atoms with van der Waals surface area (Å²) in [4.78, 5) is 11.0. The molecule has 1 aromatic carbocycles. The smallest absolute Gasteiger partial charge is 0.346 e. The molecule has 0 aliphatic heterocycles. The van der Waals surface area contributed by atoms with E-state index in [2.05, 4.69) is 10.2 Å². The van der Waals surface area contributed by atoms with E-state index in [1.165, 1.54) is 12.3 Å². The van der Waals surface area contributed by atoms with E-state index in [-0.39, 0.29) is 4.88 Å². The van der Waals surface area contributed by atoms with Gasteiger partial charge in [0.15, 0.2) is 5.75 Å². The highest BCUT2D eigenvalue weighted by Crippen LogP contribution is 2.30. The minimum absolute atomic E-state index is 0.237. The van der Waals surface area contributed by atoms with Crippen molar-refractivity contribution in [3.8, 4) is 11.5 Å². The van der Waals surface area contributed by atoms with Crippen molar-refractivity contribution in [3.63, 3.8) is 0 Å². The van der Waals surface area contributed by atoms with Crippen molar-refractivity contribution in [2.45, 2.75) is 0 Å². The number of aromatic carboxylic acids is 1. The van der Waals surface area contributed by atoms with E-state index in [9.17, 15) is 4.79 Å². The molecule has 3 rings (SSSR count). The van der Waals surface area contributed by atoms with Crippen LogP contribution in [0.15, 0.2) is 41.9 Å². The fraction of sp³-hybridized carbons (Fsp3) is 0. The van der Waals surface area contributed by atoms with Crippen molar-refractivity contribution in [1.29, 1.82) is 0 Å². The SMILES string of the molecule is O=C(O)c1cc(Oc2cnnc3ccccc23)cs1. The number of carbonyl (C=O) groups is 1. The molecule has 2 heterocycles. The largest absolute Gasteiger partial charge is 0.477 e. The summed E-state index contributed by atoms with van der Waals surface area (Å²) >= 11 is 1.12. The van der Waals surface area contributed by atoms with Crippen LogP contribution in [-0.2, 0) is 0 Å². The summed E-state index contributed by atoms with van der Waals surface area (Å²) < 4.78 is 5.67. The summed E-state index contributed by atoms with van der Waals surface area (Å²) in [6.07, 6.45) is 1.51. The van der Waals surface area contributed by atoms with Gasteiger partial charge in [-0.25, -0.2) is 4.79 Å². The van der Waals surface area contributed by atoms with Gasteiger partial charge < -0.3 is 9.84 Å². The molecule has 0 aliphatic carbocycles. The van der Waals surface area contributed by atoms with Gasteiger partial charge in [-0.05, 0) is 12.1 Å². The Labute approximate surface area is 112 Å². The van der Waals surface area contributed by atoms with Gasteiger partial charge in [0.1, 0.15) is 10.6 Å². The monoisotopic (exact) mass is 272 g/mol. The van der Waals surface area contributed by atoms with Crippen LogP contribution in [0, 0.1) is 0 Å². The van der Waals surface area contributed by atoms with Gasteiger partial charge in [-0.3, -0.25) is 0 Å². The van der Waals surface area contributed by atoms with Crippen LogP contribution in [0.2, 0.25) is 0 Å². The minimum atomic E-state index is -0.961. The number of hydrogen-bond donors (Lipinski definition) is 1. The number of nitrogens with zero attached hydrogens (tertiary/aromatic N) is 2. The summed E-state index contributed by atoms with van der Waals surface area (Å²) in [6, 6.07) is 8.96. The van der Waals surface area contributed by atoms with Crippen molar-refractivity contribution < 1.29 is 14.6 Å². The number of benzene rings is 1. The summed E-state index contributed by atoms with van der Waals surface area (Å²) in [6.45, 7) is 0. The van der Waals surface area contributed by atoms with Crippen LogP contribution in [0.4, 0.5) is 0 Å². The standard InChI is InChI=1S/C13H8N2O3S/c16-13(17)12-5-8(7-19-12)18-11-6-14-15-10-4-2-1-3-9(10)11/h1-7H,(H,16,17). The Bertz CT molecular complexity index is 749. The zero-order chi connectivity index (χ0) is 13.2. The number of aromatic nitrogens is 2. The number of carboxylic acid groups (broad SMARTS) is 1. The van der Waals surface area contributed by atoms with Crippen LogP contribution in [0.1, 0.15) is 9.67 Å². The molecule has 0 saturated heterocycles. The first-order valence-corrected chi connectivity index (χ1v) is 6.32. The van der Waals surface area contributed by atoms with Crippen molar-refractivity contribution in [2.24, 2.45) is 0 Å². The second kappa shape index (κ2) is 4.66. The molecule has 0 atom stereocenters. The molecule has 1 N–H and O–H groups in total. The van der Waals surface area contributed by atoms with Gasteiger partial charge in [0.25, 0.3) is 0 Å². The van der Waals surface area contributed by atoms with Gasteiger partial charge in [0.05, 0.1) is 11.7 Å². The third-order valence-corrected chi connectivity index (χ3v) is 3.42. The Morgan fingerprint density at radius 1 is 1.32 bits per heavy atom. The molecule has 0 radical (unpaired) electrons. The molecule has 19 heavy (non-hydrogen) atoms. The lowest BCUT2D eigenvalue weighted by Crippen LogP contribution is -1.91. The second-order valence-corrected chi connectivity index (χ2v) is 4.69. The molecule has 0 fully saturated rings. The Hall–Kier alpha value is -2.47. The Morgan fingerprint density at radius 2 is 2.16 bits per heavy atom. The first kappa shape index (κ1) is 11.6. The number of thiophene rings is 1. The van der Waals surface area contributed by atoms with Crippen LogP contribution in [0.25, 0.3) is 10.9 Å². The van der Waals surface area contributed by atoms with Crippen LogP contribution in [0.5, 0.6) is 11.5 Å².